The van der Waals surface area contributed by atoms with Gasteiger partial charge in [0.15, 0.2) is 0 Å². The number of aromatic nitrogens is 1. The molecule has 0 spiro atoms. The number of hydrogen-bond acceptors (Lipinski definition) is 3. The summed E-state index contributed by atoms with van der Waals surface area (Å²) in [6.07, 6.45) is 3.65. The third kappa shape index (κ3) is 3.03. The number of rotatable bonds is 2. The molecule has 1 aliphatic rings. The van der Waals surface area contributed by atoms with Crippen LogP contribution < -0.4 is 4.90 Å². The van der Waals surface area contributed by atoms with Crippen LogP contribution in [0.15, 0.2) is 30.3 Å². The fourth-order valence-corrected chi connectivity index (χ4v) is 3.19. The number of aliphatic hydroxyl groups excluding tert-OH is 1. The van der Waals surface area contributed by atoms with Gasteiger partial charge >= 0.3 is 0 Å². The van der Waals surface area contributed by atoms with E-state index in [9.17, 15) is 5.11 Å². The van der Waals surface area contributed by atoms with Gasteiger partial charge in [-0.2, -0.15) is 0 Å². The molecule has 1 aliphatic heterocycles. The summed E-state index contributed by atoms with van der Waals surface area (Å²) in [5, 5.41) is 11.8. The van der Waals surface area contributed by atoms with Crippen molar-refractivity contribution in [2.45, 2.75) is 39.7 Å². The van der Waals surface area contributed by atoms with Crippen LogP contribution in [0.5, 0.6) is 0 Å². The standard InChI is InChI=1S/C18H24N2O/c1-18(2)8-5-10-20(11-9-18)17-16-7-4-3-6-14(16)12-15(13-21)19-17/h3-4,6-7,12,21H,5,8-11,13H2,1-2H3. The Labute approximate surface area is 126 Å². The van der Waals surface area contributed by atoms with Crippen LogP contribution in [0.2, 0.25) is 0 Å². The molecule has 0 radical (unpaired) electrons. The molecule has 3 rings (SSSR count). The van der Waals surface area contributed by atoms with Crippen LogP contribution in [0.25, 0.3) is 10.8 Å². The predicted octanol–water partition coefficient (Wildman–Crippen LogP) is 3.74. The molecular weight excluding hydrogens is 260 g/mol. The van der Waals surface area contributed by atoms with Crippen LogP contribution in [0.3, 0.4) is 0 Å². The zero-order chi connectivity index (χ0) is 14.9. The molecule has 3 heteroatoms. The van der Waals surface area contributed by atoms with Crippen molar-refractivity contribution in [2.75, 3.05) is 18.0 Å². The Morgan fingerprint density at radius 3 is 2.81 bits per heavy atom. The van der Waals surface area contributed by atoms with Crippen molar-refractivity contribution < 1.29 is 5.11 Å². The maximum Gasteiger partial charge on any atom is 0.136 e. The minimum absolute atomic E-state index is 0.00281. The minimum Gasteiger partial charge on any atom is -0.390 e. The third-order valence-corrected chi connectivity index (χ3v) is 4.57. The molecule has 0 bridgehead atoms. The lowest BCUT2D eigenvalue weighted by Gasteiger charge is -2.25. The second-order valence-corrected chi connectivity index (χ2v) is 6.82. The van der Waals surface area contributed by atoms with Crippen LogP contribution in [0, 0.1) is 5.41 Å². The first-order valence-corrected chi connectivity index (χ1v) is 7.83. The van der Waals surface area contributed by atoms with E-state index >= 15 is 0 Å². The van der Waals surface area contributed by atoms with Crippen molar-refractivity contribution in [3.8, 4) is 0 Å². The number of aliphatic hydroxyl groups is 1. The molecule has 0 unspecified atom stereocenters. The van der Waals surface area contributed by atoms with E-state index in [1.165, 1.54) is 24.6 Å². The quantitative estimate of drug-likeness (QED) is 0.912. The minimum atomic E-state index is -0.00281. The average Bonchev–Trinajstić information content (AvgIpc) is 2.67. The lowest BCUT2D eigenvalue weighted by atomic mass is 9.85. The van der Waals surface area contributed by atoms with Crippen LogP contribution in [-0.2, 0) is 6.61 Å². The van der Waals surface area contributed by atoms with Gasteiger partial charge in [-0.15, -0.1) is 0 Å². The maximum atomic E-state index is 9.48. The Morgan fingerprint density at radius 2 is 2.00 bits per heavy atom. The summed E-state index contributed by atoms with van der Waals surface area (Å²) in [7, 11) is 0. The lowest BCUT2D eigenvalue weighted by molar-refractivity contribution is 0.277. The number of anilines is 1. The Balaban J connectivity index is 2.02. The zero-order valence-electron chi connectivity index (χ0n) is 13.0. The highest BCUT2D eigenvalue weighted by atomic mass is 16.3. The van der Waals surface area contributed by atoms with Gasteiger partial charge in [-0.3, -0.25) is 0 Å². The van der Waals surface area contributed by atoms with Gasteiger partial charge < -0.3 is 10.0 Å². The lowest BCUT2D eigenvalue weighted by Crippen LogP contribution is -2.26. The summed E-state index contributed by atoms with van der Waals surface area (Å²) in [6.45, 7) is 6.80. The average molecular weight is 284 g/mol. The van der Waals surface area contributed by atoms with Crippen LogP contribution in [0.1, 0.15) is 38.8 Å². The predicted molar refractivity (Wildman–Crippen MR) is 87.5 cm³/mol. The number of fused-ring (bicyclic) bond motifs is 1. The molecule has 2 heterocycles. The van der Waals surface area contributed by atoms with E-state index in [4.69, 9.17) is 4.98 Å². The van der Waals surface area contributed by atoms with Crippen molar-refractivity contribution in [3.05, 3.63) is 36.0 Å². The molecule has 2 aromatic rings. The van der Waals surface area contributed by atoms with Gasteiger partial charge in [0.25, 0.3) is 0 Å². The summed E-state index contributed by atoms with van der Waals surface area (Å²) in [5.41, 5.74) is 1.17. The van der Waals surface area contributed by atoms with E-state index < -0.39 is 0 Å². The summed E-state index contributed by atoms with van der Waals surface area (Å²) >= 11 is 0. The van der Waals surface area contributed by atoms with Crippen LogP contribution in [0.4, 0.5) is 5.82 Å². The number of nitrogens with zero attached hydrogens (tertiary/aromatic N) is 2. The summed E-state index contributed by atoms with van der Waals surface area (Å²) in [5.74, 6) is 1.04. The molecule has 1 aromatic heterocycles. The Kier molecular flexibility index (Phi) is 3.85. The highest BCUT2D eigenvalue weighted by Gasteiger charge is 2.24. The first-order valence-electron chi connectivity index (χ1n) is 7.83. The fourth-order valence-electron chi connectivity index (χ4n) is 3.19. The molecule has 112 valence electrons. The van der Waals surface area contributed by atoms with E-state index in [-0.39, 0.29) is 6.61 Å². The smallest absolute Gasteiger partial charge is 0.136 e. The Hall–Kier alpha value is -1.61. The molecule has 21 heavy (non-hydrogen) atoms. The molecule has 0 amide bonds. The largest absolute Gasteiger partial charge is 0.390 e. The summed E-state index contributed by atoms with van der Waals surface area (Å²) in [6, 6.07) is 10.3. The molecule has 1 saturated heterocycles. The molecule has 1 fully saturated rings. The topological polar surface area (TPSA) is 36.4 Å². The van der Waals surface area contributed by atoms with Crippen molar-refractivity contribution in [3.63, 3.8) is 0 Å². The molecule has 0 aliphatic carbocycles. The van der Waals surface area contributed by atoms with Crippen molar-refractivity contribution >= 4 is 16.6 Å². The Morgan fingerprint density at radius 1 is 1.19 bits per heavy atom. The second-order valence-electron chi connectivity index (χ2n) is 6.82. The van der Waals surface area contributed by atoms with Gasteiger partial charge in [0.2, 0.25) is 0 Å². The van der Waals surface area contributed by atoms with E-state index in [1.54, 1.807) is 0 Å². The van der Waals surface area contributed by atoms with E-state index in [0.717, 1.165) is 30.0 Å². The van der Waals surface area contributed by atoms with Gasteiger partial charge in [-0.05, 0) is 36.1 Å². The van der Waals surface area contributed by atoms with Gasteiger partial charge in [-0.25, -0.2) is 4.98 Å². The zero-order valence-corrected chi connectivity index (χ0v) is 13.0. The van der Waals surface area contributed by atoms with Crippen molar-refractivity contribution in [1.29, 1.82) is 0 Å². The number of benzene rings is 1. The molecule has 1 N–H and O–H groups in total. The first kappa shape index (κ1) is 14.3. The number of hydrogen-bond donors (Lipinski definition) is 1. The van der Waals surface area contributed by atoms with E-state index in [0.29, 0.717) is 5.41 Å². The third-order valence-electron chi connectivity index (χ3n) is 4.57. The fraction of sp³-hybridized carbons (Fsp3) is 0.500. The van der Waals surface area contributed by atoms with Gasteiger partial charge in [-0.1, -0.05) is 38.1 Å². The first-order chi connectivity index (χ1) is 10.1. The molecular formula is C18H24N2O. The van der Waals surface area contributed by atoms with Crippen molar-refractivity contribution in [2.24, 2.45) is 5.41 Å². The molecule has 0 saturated carbocycles. The highest BCUT2D eigenvalue weighted by molar-refractivity contribution is 5.92. The van der Waals surface area contributed by atoms with Gasteiger partial charge in [0.1, 0.15) is 5.82 Å². The monoisotopic (exact) mass is 284 g/mol. The van der Waals surface area contributed by atoms with Crippen LogP contribution in [-0.4, -0.2) is 23.2 Å². The van der Waals surface area contributed by atoms with Gasteiger partial charge in [0.05, 0.1) is 12.3 Å². The summed E-state index contributed by atoms with van der Waals surface area (Å²) < 4.78 is 0. The van der Waals surface area contributed by atoms with E-state index in [2.05, 4.69) is 36.9 Å². The Bertz CT molecular complexity index is 636. The summed E-state index contributed by atoms with van der Waals surface area (Å²) in [4.78, 5) is 7.11. The van der Waals surface area contributed by atoms with Crippen molar-refractivity contribution in [1.82, 2.24) is 4.98 Å². The van der Waals surface area contributed by atoms with Gasteiger partial charge in [0, 0.05) is 18.5 Å². The van der Waals surface area contributed by atoms with E-state index in [1.807, 2.05) is 12.1 Å². The molecule has 0 atom stereocenters. The maximum absolute atomic E-state index is 9.48. The normalized spacial score (nSPS) is 18.7. The molecule has 3 nitrogen and oxygen atoms in total. The number of pyridine rings is 1. The SMILES string of the molecule is CC1(C)CCCN(c2nc(CO)cc3ccccc23)CC1. The highest BCUT2D eigenvalue weighted by Crippen LogP contribution is 2.33. The second kappa shape index (κ2) is 5.64. The van der Waals surface area contributed by atoms with Crippen LogP contribution >= 0.6 is 0 Å². The molecule has 1 aromatic carbocycles.